The number of rotatable bonds is 6. The molecule has 0 radical (unpaired) electrons. The van der Waals surface area contributed by atoms with Crippen LogP contribution in [0.3, 0.4) is 0 Å². The van der Waals surface area contributed by atoms with Crippen LogP contribution in [0.25, 0.3) is 0 Å². The van der Waals surface area contributed by atoms with E-state index in [1.54, 1.807) is 14.0 Å². The number of carbonyl (C=O) groups is 2. The molecule has 1 amide bonds. The van der Waals surface area contributed by atoms with Crippen molar-refractivity contribution in [2.24, 2.45) is 7.05 Å². The van der Waals surface area contributed by atoms with Crippen molar-refractivity contribution in [1.29, 1.82) is 0 Å². The first-order valence-corrected chi connectivity index (χ1v) is 7.72. The summed E-state index contributed by atoms with van der Waals surface area (Å²) in [6, 6.07) is 3.23. The van der Waals surface area contributed by atoms with E-state index in [4.69, 9.17) is 16.7 Å². The number of aryl methyl sites for hydroxylation is 1. The SMILES string of the molecule is Cc1c(Cl)c(C(=O)N(CCC(=O)O)Cc2ccc(F)c(F)c2)nn1C. The Morgan fingerprint density at radius 2 is 2.00 bits per heavy atom. The minimum absolute atomic E-state index is 0.0189. The fraction of sp³-hybridized carbons (Fsp3) is 0.312. The third-order valence-electron chi connectivity index (χ3n) is 3.70. The van der Waals surface area contributed by atoms with Gasteiger partial charge in [-0.3, -0.25) is 14.3 Å². The number of aliphatic carboxylic acids is 1. The van der Waals surface area contributed by atoms with Gasteiger partial charge in [0.15, 0.2) is 17.3 Å². The molecule has 1 aromatic carbocycles. The van der Waals surface area contributed by atoms with Gasteiger partial charge in [-0.1, -0.05) is 17.7 Å². The van der Waals surface area contributed by atoms with Crippen molar-refractivity contribution in [2.75, 3.05) is 6.54 Å². The molecule has 2 rings (SSSR count). The molecule has 0 saturated carbocycles. The van der Waals surface area contributed by atoms with Crippen LogP contribution in [0, 0.1) is 18.6 Å². The molecule has 0 unspecified atom stereocenters. The van der Waals surface area contributed by atoms with E-state index in [0.717, 1.165) is 12.1 Å². The summed E-state index contributed by atoms with van der Waals surface area (Å²) >= 11 is 6.11. The number of carboxylic acid groups (broad SMARTS) is 1. The lowest BCUT2D eigenvalue weighted by Gasteiger charge is -2.21. The first-order chi connectivity index (χ1) is 11.7. The predicted octanol–water partition coefficient (Wildman–Crippen LogP) is 2.78. The molecule has 0 spiro atoms. The summed E-state index contributed by atoms with van der Waals surface area (Å²) in [6.07, 6.45) is -0.307. The highest BCUT2D eigenvalue weighted by Crippen LogP contribution is 2.22. The second kappa shape index (κ2) is 7.60. The van der Waals surface area contributed by atoms with Crippen molar-refractivity contribution in [1.82, 2.24) is 14.7 Å². The Balaban J connectivity index is 2.30. The van der Waals surface area contributed by atoms with Gasteiger partial charge in [0.2, 0.25) is 0 Å². The van der Waals surface area contributed by atoms with Gasteiger partial charge in [0.1, 0.15) is 0 Å². The number of halogens is 3. The van der Waals surface area contributed by atoms with E-state index in [9.17, 15) is 18.4 Å². The second-order valence-electron chi connectivity index (χ2n) is 5.49. The van der Waals surface area contributed by atoms with Crippen molar-refractivity contribution in [2.45, 2.75) is 19.9 Å². The zero-order valence-corrected chi connectivity index (χ0v) is 14.3. The zero-order valence-electron chi connectivity index (χ0n) is 13.6. The molecule has 2 aromatic rings. The van der Waals surface area contributed by atoms with Crippen LogP contribution in [-0.4, -0.2) is 38.2 Å². The van der Waals surface area contributed by atoms with E-state index < -0.39 is 23.5 Å². The molecular weight excluding hydrogens is 356 g/mol. The van der Waals surface area contributed by atoms with Crippen LogP contribution >= 0.6 is 11.6 Å². The summed E-state index contributed by atoms with van der Waals surface area (Å²) in [5, 5.41) is 13.1. The molecule has 0 aliphatic carbocycles. The predicted molar refractivity (Wildman–Crippen MR) is 86.3 cm³/mol. The lowest BCUT2D eigenvalue weighted by Crippen LogP contribution is -2.33. The quantitative estimate of drug-likeness (QED) is 0.847. The van der Waals surface area contributed by atoms with E-state index >= 15 is 0 Å². The largest absolute Gasteiger partial charge is 0.481 e. The fourth-order valence-electron chi connectivity index (χ4n) is 2.21. The van der Waals surface area contributed by atoms with E-state index in [1.807, 2.05) is 0 Å². The lowest BCUT2D eigenvalue weighted by atomic mass is 10.2. The van der Waals surface area contributed by atoms with Gasteiger partial charge in [-0.15, -0.1) is 0 Å². The molecule has 1 N–H and O–H groups in total. The molecule has 0 fully saturated rings. The van der Waals surface area contributed by atoms with Crippen molar-refractivity contribution in [3.05, 3.63) is 51.8 Å². The number of carboxylic acids is 1. The topological polar surface area (TPSA) is 75.4 Å². The fourth-order valence-corrected chi connectivity index (χ4v) is 2.45. The van der Waals surface area contributed by atoms with E-state index in [0.29, 0.717) is 11.3 Å². The number of aromatic nitrogens is 2. The Morgan fingerprint density at radius 1 is 1.32 bits per heavy atom. The molecule has 1 heterocycles. The molecule has 0 bridgehead atoms. The number of nitrogens with zero attached hydrogens (tertiary/aromatic N) is 3. The van der Waals surface area contributed by atoms with Gasteiger partial charge < -0.3 is 10.0 Å². The summed E-state index contributed by atoms with van der Waals surface area (Å²) in [4.78, 5) is 24.7. The summed E-state index contributed by atoms with van der Waals surface area (Å²) in [7, 11) is 1.62. The van der Waals surface area contributed by atoms with E-state index in [-0.39, 0.29) is 30.2 Å². The van der Waals surface area contributed by atoms with Crippen LogP contribution < -0.4 is 0 Å². The van der Waals surface area contributed by atoms with Crippen LogP contribution in [0.1, 0.15) is 28.2 Å². The monoisotopic (exact) mass is 371 g/mol. The van der Waals surface area contributed by atoms with Gasteiger partial charge in [-0.2, -0.15) is 5.10 Å². The van der Waals surface area contributed by atoms with Crippen molar-refractivity contribution in [3.63, 3.8) is 0 Å². The smallest absolute Gasteiger partial charge is 0.305 e. The first kappa shape index (κ1) is 18.9. The standard InChI is InChI=1S/C16H16ClF2N3O3/c1-9-14(17)15(20-21(9)2)16(25)22(6-5-13(23)24)8-10-3-4-11(18)12(19)7-10/h3-4,7H,5-6,8H2,1-2H3,(H,23,24). The van der Waals surface area contributed by atoms with Gasteiger partial charge in [0.25, 0.3) is 5.91 Å². The summed E-state index contributed by atoms with van der Waals surface area (Å²) in [5.74, 6) is -3.73. The summed E-state index contributed by atoms with van der Waals surface area (Å²) in [5.41, 5.74) is 0.882. The molecule has 0 atom stereocenters. The number of carbonyl (C=O) groups excluding carboxylic acids is 1. The number of amides is 1. The highest BCUT2D eigenvalue weighted by Gasteiger charge is 2.24. The van der Waals surface area contributed by atoms with Crippen molar-refractivity contribution in [3.8, 4) is 0 Å². The van der Waals surface area contributed by atoms with Crippen molar-refractivity contribution < 1.29 is 23.5 Å². The molecule has 6 nitrogen and oxygen atoms in total. The number of hydrogen-bond acceptors (Lipinski definition) is 3. The maximum atomic E-state index is 13.4. The highest BCUT2D eigenvalue weighted by atomic mass is 35.5. The average molecular weight is 372 g/mol. The van der Waals surface area contributed by atoms with E-state index in [1.165, 1.54) is 15.6 Å². The van der Waals surface area contributed by atoms with Gasteiger partial charge >= 0.3 is 5.97 Å². The van der Waals surface area contributed by atoms with Crippen LogP contribution in [0.2, 0.25) is 5.02 Å². The maximum absolute atomic E-state index is 13.4. The summed E-state index contributed by atoms with van der Waals surface area (Å²) < 4.78 is 27.9. The molecule has 0 saturated heterocycles. The van der Waals surface area contributed by atoms with Gasteiger partial charge in [-0.05, 0) is 24.6 Å². The molecule has 1 aromatic heterocycles. The normalized spacial score (nSPS) is 10.8. The first-order valence-electron chi connectivity index (χ1n) is 7.34. The molecule has 9 heteroatoms. The third-order valence-corrected chi connectivity index (χ3v) is 4.16. The summed E-state index contributed by atoms with van der Waals surface area (Å²) in [6.45, 7) is 1.46. The van der Waals surface area contributed by atoms with Crippen LogP contribution in [0.15, 0.2) is 18.2 Å². The Morgan fingerprint density at radius 3 is 2.52 bits per heavy atom. The molecule has 0 aliphatic rings. The van der Waals surface area contributed by atoms with Gasteiger partial charge in [0, 0.05) is 20.1 Å². The Hall–Kier alpha value is -2.48. The minimum atomic E-state index is -1.09. The maximum Gasteiger partial charge on any atom is 0.305 e. The zero-order chi connectivity index (χ0) is 18.7. The number of hydrogen-bond donors (Lipinski definition) is 1. The lowest BCUT2D eigenvalue weighted by molar-refractivity contribution is -0.137. The minimum Gasteiger partial charge on any atom is -0.481 e. The van der Waals surface area contributed by atoms with Gasteiger partial charge in [0.05, 0.1) is 17.1 Å². The molecule has 25 heavy (non-hydrogen) atoms. The Kier molecular flexibility index (Phi) is 5.73. The molecule has 134 valence electrons. The van der Waals surface area contributed by atoms with Crippen molar-refractivity contribution >= 4 is 23.5 Å². The van der Waals surface area contributed by atoms with Crippen LogP contribution in [-0.2, 0) is 18.4 Å². The van der Waals surface area contributed by atoms with Crippen LogP contribution in [0.5, 0.6) is 0 Å². The Bertz CT molecular complexity index is 823. The second-order valence-corrected chi connectivity index (χ2v) is 5.87. The average Bonchev–Trinajstić information content (AvgIpc) is 2.81. The number of benzene rings is 1. The molecular formula is C16H16ClF2N3O3. The Labute approximate surface area is 147 Å². The molecule has 0 aliphatic heterocycles. The van der Waals surface area contributed by atoms with Crippen LogP contribution in [0.4, 0.5) is 8.78 Å². The van der Waals surface area contributed by atoms with Gasteiger partial charge in [-0.25, -0.2) is 8.78 Å². The third kappa shape index (κ3) is 4.33. The highest BCUT2D eigenvalue weighted by molar-refractivity contribution is 6.34. The van der Waals surface area contributed by atoms with E-state index in [2.05, 4.69) is 5.10 Å².